The van der Waals surface area contributed by atoms with Gasteiger partial charge >= 0.3 is 0 Å². The van der Waals surface area contributed by atoms with Gasteiger partial charge in [0.05, 0.1) is 0 Å². The van der Waals surface area contributed by atoms with E-state index in [2.05, 4.69) is 40.5 Å². The molecule has 2 aromatic rings. The van der Waals surface area contributed by atoms with Gasteiger partial charge in [0, 0.05) is 11.6 Å². The Morgan fingerprint density at radius 2 is 1.93 bits per heavy atom. The van der Waals surface area contributed by atoms with Gasteiger partial charge < -0.3 is 0 Å². The summed E-state index contributed by atoms with van der Waals surface area (Å²) in [5.41, 5.74) is 5.29. The van der Waals surface area contributed by atoms with Gasteiger partial charge in [-0.2, -0.15) is 0 Å². The molecule has 0 atom stereocenters. The van der Waals surface area contributed by atoms with Gasteiger partial charge in [0.1, 0.15) is 5.69 Å². The maximum Gasteiger partial charge on any atom is 0.194 e. The van der Waals surface area contributed by atoms with Crippen LogP contribution in [0.15, 0.2) is 36.5 Å². The molecule has 1 aliphatic carbocycles. The van der Waals surface area contributed by atoms with Crippen LogP contribution in [-0.4, -0.2) is 5.10 Å². The second-order valence-electron chi connectivity index (χ2n) is 3.95. The van der Waals surface area contributed by atoms with Crippen LogP contribution in [0.2, 0.25) is 0 Å². The molecule has 1 aromatic heterocycles. The summed E-state index contributed by atoms with van der Waals surface area (Å²) in [5.74, 6) is 0. The minimum absolute atomic E-state index is 1.07. The number of nitrogens with one attached hydrogen (secondary N) is 1. The molecule has 1 heterocycles. The van der Waals surface area contributed by atoms with E-state index < -0.39 is 0 Å². The van der Waals surface area contributed by atoms with Crippen LogP contribution in [0.3, 0.4) is 0 Å². The van der Waals surface area contributed by atoms with E-state index in [4.69, 9.17) is 0 Å². The van der Waals surface area contributed by atoms with Crippen molar-refractivity contribution < 1.29 is 5.10 Å². The molecule has 0 radical (unpaired) electrons. The summed E-state index contributed by atoms with van der Waals surface area (Å²) < 4.78 is 0. The smallest absolute Gasteiger partial charge is 0.106 e. The van der Waals surface area contributed by atoms with E-state index in [-0.39, 0.29) is 0 Å². The molecule has 0 saturated heterocycles. The number of aryl methyl sites for hydroxylation is 2. The predicted molar refractivity (Wildman–Crippen MR) is 58.3 cm³/mol. The molecule has 2 nitrogen and oxygen atoms in total. The zero-order valence-corrected chi connectivity index (χ0v) is 8.53. The fourth-order valence-corrected chi connectivity index (χ4v) is 2.28. The molecule has 2 heteroatoms. The Balaban J connectivity index is 2.27. The van der Waals surface area contributed by atoms with E-state index >= 15 is 0 Å². The molecule has 74 valence electrons. The van der Waals surface area contributed by atoms with Crippen LogP contribution in [0, 0.1) is 0 Å². The highest BCUT2D eigenvalue weighted by Gasteiger charge is 2.15. The van der Waals surface area contributed by atoms with Gasteiger partial charge in [0.25, 0.3) is 0 Å². The zero-order valence-electron chi connectivity index (χ0n) is 8.53. The van der Waals surface area contributed by atoms with Crippen LogP contribution >= 0.6 is 0 Å². The standard InChI is InChI=1S/C13H12N2/c1-2-6-11-10(4-1)5-3-7-13-12(11)8-9-14-15-13/h1-2,4,6,8-9H,3,5,7H2/p+1. The number of aromatic amines is 1. The van der Waals surface area contributed by atoms with E-state index in [1.165, 1.54) is 28.8 Å². The molecule has 1 N–H and O–H groups in total. The topological polar surface area (TPSA) is 27.0 Å². The molecular weight excluding hydrogens is 184 g/mol. The van der Waals surface area contributed by atoms with Crippen LogP contribution in [0.25, 0.3) is 11.1 Å². The lowest BCUT2D eigenvalue weighted by Crippen LogP contribution is -2.10. The van der Waals surface area contributed by atoms with Gasteiger partial charge in [-0.25, -0.2) is 0 Å². The Labute approximate surface area is 89.0 Å². The average Bonchev–Trinajstić information content (AvgIpc) is 2.48. The lowest BCUT2D eigenvalue weighted by Gasteiger charge is -2.05. The lowest BCUT2D eigenvalue weighted by atomic mass is 10.00. The van der Waals surface area contributed by atoms with Gasteiger partial charge in [-0.05, 0) is 35.5 Å². The summed E-state index contributed by atoms with van der Waals surface area (Å²) in [5, 5.41) is 7.28. The van der Waals surface area contributed by atoms with Crippen molar-refractivity contribution in [2.45, 2.75) is 19.3 Å². The molecule has 15 heavy (non-hydrogen) atoms. The molecule has 0 saturated carbocycles. The average molecular weight is 197 g/mol. The highest BCUT2D eigenvalue weighted by molar-refractivity contribution is 5.69. The number of benzene rings is 1. The van der Waals surface area contributed by atoms with Gasteiger partial charge in [0.2, 0.25) is 0 Å². The van der Waals surface area contributed by atoms with Crippen molar-refractivity contribution in [2.75, 3.05) is 0 Å². The zero-order chi connectivity index (χ0) is 10.1. The maximum atomic E-state index is 4.35. The molecule has 3 rings (SSSR count). The monoisotopic (exact) mass is 197 g/mol. The SMILES string of the molecule is c1ccc2c(c1)CCCc1n[nH+]ccc1-2. The van der Waals surface area contributed by atoms with Gasteiger partial charge in [0.15, 0.2) is 6.20 Å². The fourth-order valence-electron chi connectivity index (χ4n) is 2.28. The lowest BCUT2D eigenvalue weighted by molar-refractivity contribution is -0.456. The number of nitrogens with zero attached hydrogens (tertiary/aromatic N) is 1. The van der Waals surface area contributed by atoms with Crippen molar-refractivity contribution in [3.8, 4) is 11.1 Å². The largest absolute Gasteiger partial charge is 0.194 e. The van der Waals surface area contributed by atoms with Gasteiger partial charge in [-0.3, -0.25) is 0 Å². The quantitative estimate of drug-likeness (QED) is 0.635. The number of hydrogen-bond donors (Lipinski definition) is 0. The highest BCUT2D eigenvalue weighted by atomic mass is 15.1. The Hall–Kier alpha value is -1.70. The Morgan fingerprint density at radius 3 is 2.93 bits per heavy atom. The van der Waals surface area contributed by atoms with Crippen LogP contribution in [0.4, 0.5) is 0 Å². The first-order valence-electron chi connectivity index (χ1n) is 5.39. The van der Waals surface area contributed by atoms with Crippen molar-refractivity contribution in [3.05, 3.63) is 47.8 Å². The van der Waals surface area contributed by atoms with E-state index in [0.29, 0.717) is 0 Å². The summed E-state index contributed by atoms with van der Waals surface area (Å²) in [6, 6.07) is 10.8. The molecule has 1 aliphatic rings. The number of hydrogen-bond acceptors (Lipinski definition) is 1. The summed E-state index contributed by atoms with van der Waals surface area (Å²) in [4.78, 5) is 0. The highest BCUT2D eigenvalue weighted by Crippen LogP contribution is 2.29. The number of rotatable bonds is 0. The number of fused-ring (bicyclic) bond motifs is 3. The first-order chi connectivity index (χ1) is 7.45. The van der Waals surface area contributed by atoms with E-state index in [1.807, 2.05) is 6.20 Å². The fraction of sp³-hybridized carbons (Fsp3) is 0.231. The molecule has 0 amide bonds. The van der Waals surface area contributed by atoms with Gasteiger partial charge in [-0.1, -0.05) is 24.3 Å². The molecule has 1 aromatic carbocycles. The molecule has 0 aliphatic heterocycles. The van der Waals surface area contributed by atoms with E-state index in [9.17, 15) is 0 Å². The van der Waals surface area contributed by atoms with Crippen molar-refractivity contribution in [2.24, 2.45) is 0 Å². The number of aromatic nitrogens is 2. The van der Waals surface area contributed by atoms with E-state index in [0.717, 1.165) is 12.8 Å². The minimum atomic E-state index is 1.07. The van der Waals surface area contributed by atoms with Crippen LogP contribution in [0.5, 0.6) is 0 Å². The van der Waals surface area contributed by atoms with Crippen molar-refractivity contribution in [1.82, 2.24) is 5.10 Å². The van der Waals surface area contributed by atoms with Crippen molar-refractivity contribution >= 4 is 0 Å². The van der Waals surface area contributed by atoms with Crippen LogP contribution in [-0.2, 0) is 12.8 Å². The summed E-state index contributed by atoms with van der Waals surface area (Å²) in [7, 11) is 0. The first kappa shape index (κ1) is 8.60. The normalized spacial score (nSPS) is 13.9. The van der Waals surface area contributed by atoms with Crippen molar-refractivity contribution in [3.63, 3.8) is 0 Å². The molecule has 0 bridgehead atoms. The molecule has 0 unspecified atom stereocenters. The summed E-state index contributed by atoms with van der Waals surface area (Å²) >= 11 is 0. The second kappa shape index (κ2) is 3.46. The Morgan fingerprint density at radius 1 is 1.00 bits per heavy atom. The summed E-state index contributed by atoms with van der Waals surface area (Å²) in [6.45, 7) is 0. The molecular formula is C13H13N2+. The third-order valence-electron chi connectivity index (χ3n) is 3.00. The second-order valence-corrected chi connectivity index (χ2v) is 3.95. The van der Waals surface area contributed by atoms with Gasteiger partial charge in [-0.15, -0.1) is 5.10 Å². The third-order valence-corrected chi connectivity index (χ3v) is 3.00. The van der Waals surface area contributed by atoms with Crippen LogP contribution < -0.4 is 5.10 Å². The third kappa shape index (κ3) is 1.42. The Bertz CT molecular complexity index is 446. The number of H-pyrrole nitrogens is 1. The van der Waals surface area contributed by atoms with Crippen LogP contribution in [0.1, 0.15) is 17.7 Å². The predicted octanol–water partition coefficient (Wildman–Crippen LogP) is 2.05. The molecule has 0 fully saturated rings. The van der Waals surface area contributed by atoms with Crippen molar-refractivity contribution in [1.29, 1.82) is 0 Å². The minimum Gasteiger partial charge on any atom is -0.106 e. The Kier molecular flexibility index (Phi) is 1.98. The first-order valence-corrected chi connectivity index (χ1v) is 5.39. The maximum absolute atomic E-state index is 4.35. The molecule has 0 spiro atoms. The summed E-state index contributed by atoms with van der Waals surface area (Å²) in [6.07, 6.45) is 5.32. The van der Waals surface area contributed by atoms with E-state index in [1.54, 1.807) is 0 Å².